The van der Waals surface area contributed by atoms with E-state index in [4.69, 9.17) is 5.11 Å². The van der Waals surface area contributed by atoms with Gasteiger partial charge in [0.1, 0.15) is 6.54 Å². The van der Waals surface area contributed by atoms with Crippen LogP contribution in [-0.4, -0.2) is 45.7 Å². The van der Waals surface area contributed by atoms with Gasteiger partial charge in [-0.1, -0.05) is 0 Å². The van der Waals surface area contributed by atoms with E-state index in [0.717, 1.165) is 17.7 Å². The number of carboxylic acids is 1. The van der Waals surface area contributed by atoms with E-state index in [1.54, 1.807) is 12.4 Å². The van der Waals surface area contributed by atoms with Crippen molar-refractivity contribution in [3.8, 4) is 0 Å². The van der Waals surface area contributed by atoms with E-state index < -0.39 is 5.97 Å². The van der Waals surface area contributed by atoms with Gasteiger partial charge in [0.25, 0.3) is 0 Å². The molecule has 0 bridgehead atoms. The Morgan fingerprint density at radius 2 is 2.05 bits per heavy atom. The average molecular weight is 280 g/mol. The van der Waals surface area contributed by atoms with Crippen LogP contribution in [0.5, 0.6) is 0 Å². The van der Waals surface area contributed by atoms with Gasteiger partial charge >= 0.3 is 5.97 Å². The van der Waals surface area contributed by atoms with Crippen LogP contribution >= 0.6 is 11.8 Å². The van der Waals surface area contributed by atoms with Crippen molar-refractivity contribution in [2.24, 2.45) is 5.92 Å². The number of amides is 1. The molecule has 0 saturated heterocycles. The van der Waals surface area contributed by atoms with Crippen molar-refractivity contribution in [1.29, 1.82) is 0 Å². The lowest BCUT2D eigenvalue weighted by molar-refractivity contribution is -0.143. The molecule has 0 spiro atoms. The predicted octanol–water partition coefficient (Wildman–Crippen LogP) is 1.50. The zero-order valence-corrected chi connectivity index (χ0v) is 11.3. The van der Waals surface area contributed by atoms with Crippen molar-refractivity contribution in [2.75, 3.05) is 18.8 Å². The Kier molecular flexibility index (Phi) is 4.79. The van der Waals surface area contributed by atoms with Crippen LogP contribution in [0.1, 0.15) is 12.8 Å². The van der Waals surface area contributed by atoms with Crippen molar-refractivity contribution < 1.29 is 14.7 Å². The second-order valence-electron chi connectivity index (χ2n) is 4.58. The molecule has 1 N–H and O–H groups in total. The molecule has 1 aromatic rings. The lowest BCUT2D eigenvalue weighted by Crippen LogP contribution is -2.38. The summed E-state index contributed by atoms with van der Waals surface area (Å²) in [4.78, 5) is 29.1. The molecular weight excluding hydrogens is 264 g/mol. The van der Waals surface area contributed by atoms with E-state index in [9.17, 15) is 9.59 Å². The van der Waals surface area contributed by atoms with Crippen LogP contribution in [0.2, 0.25) is 0 Å². The van der Waals surface area contributed by atoms with Gasteiger partial charge in [-0.15, -0.1) is 11.8 Å². The highest BCUT2D eigenvalue weighted by Crippen LogP contribution is 2.30. The molecule has 1 saturated carbocycles. The second-order valence-corrected chi connectivity index (χ2v) is 5.63. The molecule has 19 heavy (non-hydrogen) atoms. The number of carboxylic acid groups (broad SMARTS) is 1. The minimum Gasteiger partial charge on any atom is -0.480 e. The van der Waals surface area contributed by atoms with E-state index in [1.807, 2.05) is 12.1 Å². The Labute approximate surface area is 116 Å². The monoisotopic (exact) mass is 280 g/mol. The highest BCUT2D eigenvalue weighted by Gasteiger charge is 2.27. The van der Waals surface area contributed by atoms with E-state index in [2.05, 4.69) is 4.98 Å². The molecule has 0 aliphatic heterocycles. The number of pyridine rings is 1. The summed E-state index contributed by atoms with van der Waals surface area (Å²) < 4.78 is 0. The summed E-state index contributed by atoms with van der Waals surface area (Å²) in [6.45, 7) is 0.369. The summed E-state index contributed by atoms with van der Waals surface area (Å²) in [6, 6.07) is 3.67. The van der Waals surface area contributed by atoms with Gasteiger partial charge in [-0.2, -0.15) is 0 Å². The van der Waals surface area contributed by atoms with Gasteiger partial charge in [0.2, 0.25) is 5.91 Å². The van der Waals surface area contributed by atoms with Crippen molar-refractivity contribution in [3.05, 3.63) is 24.5 Å². The molecule has 1 aromatic heterocycles. The summed E-state index contributed by atoms with van der Waals surface area (Å²) in [5, 5.41) is 8.84. The predicted molar refractivity (Wildman–Crippen MR) is 71.9 cm³/mol. The van der Waals surface area contributed by atoms with Crippen LogP contribution < -0.4 is 0 Å². The fraction of sp³-hybridized carbons (Fsp3) is 0.462. The SMILES string of the molecule is O=C(O)CN(CC1CC1)C(=O)CSc1ccncc1. The topological polar surface area (TPSA) is 70.5 Å². The molecule has 5 nitrogen and oxygen atoms in total. The van der Waals surface area contributed by atoms with Gasteiger partial charge in [0.05, 0.1) is 5.75 Å². The first kappa shape index (κ1) is 13.9. The molecule has 0 unspecified atom stereocenters. The Morgan fingerprint density at radius 1 is 1.37 bits per heavy atom. The largest absolute Gasteiger partial charge is 0.480 e. The minimum atomic E-state index is -0.956. The van der Waals surface area contributed by atoms with Gasteiger partial charge in [-0.25, -0.2) is 0 Å². The van der Waals surface area contributed by atoms with E-state index in [0.29, 0.717) is 12.5 Å². The molecule has 2 rings (SSSR count). The maximum absolute atomic E-state index is 12.0. The summed E-state index contributed by atoms with van der Waals surface area (Å²) in [5.41, 5.74) is 0. The first-order valence-corrected chi connectivity index (χ1v) is 7.16. The average Bonchev–Trinajstić information content (AvgIpc) is 3.20. The van der Waals surface area contributed by atoms with E-state index in [-0.39, 0.29) is 18.2 Å². The molecule has 0 radical (unpaired) electrons. The number of hydrogen-bond acceptors (Lipinski definition) is 4. The lowest BCUT2D eigenvalue weighted by Gasteiger charge is -2.20. The molecule has 1 amide bonds. The number of carbonyl (C=O) groups excluding carboxylic acids is 1. The zero-order valence-electron chi connectivity index (χ0n) is 10.5. The van der Waals surface area contributed by atoms with Gasteiger partial charge in [0.15, 0.2) is 0 Å². The molecule has 1 aliphatic rings. The Hall–Kier alpha value is -1.56. The zero-order chi connectivity index (χ0) is 13.7. The Morgan fingerprint density at radius 3 is 2.63 bits per heavy atom. The maximum atomic E-state index is 12.0. The summed E-state index contributed by atoms with van der Waals surface area (Å²) >= 11 is 1.41. The summed E-state index contributed by atoms with van der Waals surface area (Å²) in [5.74, 6) is -0.308. The van der Waals surface area contributed by atoms with Gasteiger partial charge in [-0.05, 0) is 30.9 Å². The number of aliphatic carboxylic acids is 1. The van der Waals surface area contributed by atoms with Crippen LogP contribution in [0.15, 0.2) is 29.4 Å². The molecule has 1 aliphatic carbocycles. The molecule has 1 fully saturated rings. The standard InChI is InChI=1S/C13H16N2O3S/c16-12(9-19-11-3-5-14-6-4-11)15(8-13(17)18)7-10-1-2-10/h3-6,10H,1-2,7-9H2,(H,17,18). The van der Waals surface area contributed by atoms with Gasteiger partial charge in [0, 0.05) is 23.8 Å². The van der Waals surface area contributed by atoms with Crippen LogP contribution in [0, 0.1) is 5.92 Å². The molecule has 0 aromatic carbocycles. The Bertz CT molecular complexity index is 448. The highest BCUT2D eigenvalue weighted by molar-refractivity contribution is 8.00. The summed E-state index contributed by atoms with van der Waals surface area (Å²) in [7, 11) is 0. The third-order valence-electron chi connectivity index (χ3n) is 2.87. The fourth-order valence-corrected chi connectivity index (χ4v) is 2.49. The molecule has 6 heteroatoms. The van der Waals surface area contributed by atoms with Crippen molar-refractivity contribution >= 4 is 23.6 Å². The molecule has 1 heterocycles. The molecular formula is C13H16N2O3S. The minimum absolute atomic E-state index is 0.115. The number of hydrogen-bond donors (Lipinski definition) is 1. The normalized spacial score (nSPS) is 14.1. The first-order chi connectivity index (χ1) is 9.15. The maximum Gasteiger partial charge on any atom is 0.323 e. The van der Waals surface area contributed by atoms with E-state index in [1.165, 1.54) is 16.7 Å². The van der Waals surface area contributed by atoms with E-state index >= 15 is 0 Å². The quantitative estimate of drug-likeness (QED) is 0.766. The van der Waals surface area contributed by atoms with Crippen LogP contribution in [0.4, 0.5) is 0 Å². The third-order valence-corrected chi connectivity index (χ3v) is 3.86. The highest BCUT2D eigenvalue weighted by atomic mass is 32.2. The van der Waals surface area contributed by atoms with Crippen molar-refractivity contribution in [2.45, 2.75) is 17.7 Å². The first-order valence-electron chi connectivity index (χ1n) is 6.17. The number of rotatable bonds is 7. The fourth-order valence-electron chi connectivity index (χ4n) is 1.70. The lowest BCUT2D eigenvalue weighted by atomic mass is 10.3. The molecule has 102 valence electrons. The number of carbonyl (C=O) groups is 2. The van der Waals surface area contributed by atoms with Gasteiger partial charge in [-0.3, -0.25) is 14.6 Å². The third kappa shape index (κ3) is 4.90. The van der Waals surface area contributed by atoms with Crippen molar-refractivity contribution in [3.63, 3.8) is 0 Å². The summed E-state index contributed by atoms with van der Waals surface area (Å²) in [6.07, 6.45) is 5.54. The van der Waals surface area contributed by atoms with Crippen LogP contribution in [0.25, 0.3) is 0 Å². The number of nitrogens with zero attached hydrogens (tertiary/aromatic N) is 2. The molecule has 0 atom stereocenters. The smallest absolute Gasteiger partial charge is 0.323 e. The van der Waals surface area contributed by atoms with Crippen molar-refractivity contribution in [1.82, 2.24) is 9.88 Å². The Balaban J connectivity index is 1.85. The second kappa shape index (κ2) is 6.56. The van der Waals surface area contributed by atoms with Gasteiger partial charge < -0.3 is 10.0 Å². The van der Waals surface area contributed by atoms with Crippen LogP contribution in [0.3, 0.4) is 0 Å². The number of aromatic nitrogens is 1. The van der Waals surface area contributed by atoms with Crippen LogP contribution in [-0.2, 0) is 9.59 Å². The number of thioether (sulfide) groups is 1.